The number of aryl methyl sites for hydroxylation is 1. The highest BCUT2D eigenvalue weighted by atomic mass is 16.5. The molecule has 1 heterocycles. The van der Waals surface area contributed by atoms with E-state index in [1.54, 1.807) is 0 Å². The van der Waals surface area contributed by atoms with Gasteiger partial charge in [0, 0.05) is 24.2 Å². The van der Waals surface area contributed by atoms with Crippen molar-refractivity contribution in [2.24, 2.45) is 4.99 Å². The molecule has 2 aromatic carbocycles. The lowest BCUT2D eigenvalue weighted by Gasteiger charge is -2.22. The fourth-order valence-corrected chi connectivity index (χ4v) is 4.02. The van der Waals surface area contributed by atoms with Gasteiger partial charge in [0.25, 0.3) is 0 Å². The molecule has 0 fully saturated rings. The summed E-state index contributed by atoms with van der Waals surface area (Å²) < 4.78 is 23.4. The van der Waals surface area contributed by atoms with Crippen LogP contribution in [0.25, 0.3) is 0 Å². The van der Waals surface area contributed by atoms with Crippen LogP contribution in [0.5, 0.6) is 23.0 Å². The van der Waals surface area contributed by atoms with Crippen LogP contribution in [-0.4, -0.2) is 38.7 Å². The van der Waals surface area contributed by atoms with Crippen LogP contribution in [-0.2, 0) is 19.3 Å². The lowest BCUT2D eigenvalue weighted by atomic mass is 9.91. The zero-order valence-corrected chi connectivity index (χ0v) is 19.5. The Hall–Kier alpha value is -2.69. The fraction of sp³-hybridized carbons (Fsp3) is 0.500. The summed E-state index contributed by atoms with van der Waals surface area (Å²) in [6.45, 7) is 13.4. The van der Waals surface area contributed by atoms with Crippen LogP contribution in [0.4, 0.5) is 0 Å². The van der Waals surface area contributed by atoms with Crippen LogP contribution in [0.15, 0.2) is 29.3 Å². The van der Waals surface area contributed by atoms with Crippen molar-refractivity contribution in [1.82, 2.24) is 0 Å². The Balaban J connectivity index is 1.99. The van der Waals surface area contributed by atoms with E-state index in [0.717, 1.165) is 60.1 Å². The van der Waals surface area contributed by atoms with Gasteiger partial charge < -0.3 is 18.9 Å². The van der Waals surface area contributed by atoms with E-state index in [1.165, 1.54) is 16.7 Å². The summed E-state index contributed by atoms with van der Waals surface area (Å²) in [7, 11) is 0. The summed E-state index contributed by atoms with van der Waals surface area (Å²) in [4.78, 5) is 4.90. The fourth-order valence-electron chi connectivity index (χ4n) is 4.02. The maximum Gasteiger partial charge on any atom is 0.161 e. The van der Waals surface area contributed by atoms with Crippen molar-refractivity contribution in [3.63, 3.8) is 0 Å². The highest BCUT2D eigenvalue weighted by Crippen LogP contribution is 2.36. The van der Waals surface area contributed by atoms with E-state index in [-0.39, 0.29) is 0 Å². The summed E-state index contributed by atoms with van der Waals surface area (Å²) in [5, 5.41) is 0. The highest BCUT2D eigenvalue weighted by molar-refractivity contribution is 6.04. The normalized spacial score (nSPS) is 12.7. The first-order valence-electron chi connectivity index (χ1n) is 11.5. The van der Waals surface area contributed by atoms with Crippen LogP contribution >= 0.6 is 0 Å². The van der Waals surface area contributed by atoms with Crippen molar-refractivity contribution in [3.8, 4) is 23.0 Å². The molecular formula is C26H35NO4. The lowest BCUT2D eigenvalue weighted by Crippen LogP contribution is -2.17. The van der Waals surface area contributed by atoms with E-state index in [2.05, 4.69) is 31.2 Å². The average molecular weight is 426 g/mol. The Morgan fingerprint density at radius 3 is 1.74 bits per heavy atom. The van der Waals surface area contributed by atoms with Crippen LogP contribution in [0.2, 0.25) is 0 Å². The van der Waals surface area contributed by atoms with Crippen molar-refractivity contribution in [3.05, 3.63) is 46.5 Å². The lowest BCUT2D eigenvalue weighted by molar-refractivity contribution is 0.287. The number of fused-ring (bicyclic) bond motifs is 1. The van der Waals surface area contributed by atoms with Crippen molar-refractivity contribution in [2.75, 3.05) is 33.0 Å². The summed E-state index contributed by atoms with van der Waals surface area (Å²) in [6.07, 6.45) is 2.59. The first kappa shape index (κ1) is 23.0. The molecule has 0 aliphatic carbocycles. The first-order chi connectivity index (χ1) is 15.1. The van der Waals surface area contributed by atoms with E-state index in [1.807, 2.05) is 27.7 Å². The second kappa shape index (κ2) is 11.1. The Morgan fingerprint density at radius 2 is 1.19 bits per heavy atom. The molecule has 5 nitrogen and oxygen atoms in total. The van der Waals surface area contributed by atoms with Crippen LogP contribution in [0.1, 0.15) is 56.9 Å². The molecule has 0 bridgehead atoms. The molecule has 0 aromatic heterocycles. The van der Waals surface area contributed by atoms with Crippen LogP contribution in [0.3, 0.4) is 0 Å². The first-order valence-corrected chi connectivity index (χ1v) is 11.5. The smallest absolute Gasteiger partial charge is 0.161 e. The summed E-state index contributed by atoms with van der Waals surface area (Å²) in [6, 6.07) is 8.48. The molecule has 0 unspecified atom stereocenters. The van der Waals surface area contributed by atoms with Crippen molar-refractivity contribution in [2.45, 2.75) is 53.9 Å². The van der Waals surface area contributed by atoms with E-state index in [9.17, 15) is 0 Å². The second-order valence-corrected chi connectivity index (χ2v) is 7.36. The number of hydrogen-bond donors (Lipinski definition) is 0. The zero-order chi connectivity index (χ0) is 22.2. The molecule has 1 aliphatic heterocycles. The molecule has 3 rings (SSSR count). The number of hydrogen-bond acceptors (Lipinski definition) is 5. The number of ether oxygens (including phenoxy) is 4. The Labute approximate surface area is 186 Å². The molecule has 1 aliphatic rings. The molecule has 0 saturated carbocycles. The summed E-state index contributed by atoms with van der Waals surface area (Å²) in [5.41, 5.74) is 6.01. The molecule has 2 aromatic rings. The van der Waals surface area contributed by atoms with Gasteiger partial charge in [0.1, 0.15) is 0 Å². The van der Waals surface area contributed by atoms with Gasteiger partial charge in [-0.15, -0.1) is 0 Å². The molecule has 0 N–H and O–H groups in total. The van der Waals surface area contributed by atoms with E-state index in [0.29, 0.717) is 26.4 Å². The predicted octanol–water partition coefficient (Wildman–Crippen LogP) is 5.43. The average Bonchev–Trinajstić information content (AvgIpc) is 2.77. The molecule has 0 atom stereocenters. The Kier molecular flexibility index (Phi) is 8.21. The quantitative estimate of drug-likeness (QED) is 0.482. The molecule has 168 valence electrons. The van der Waals surface area contributed by atoms with Gasteiger partial charge in [0.05, 0.1) is 26.4 Å². The minimum Gasteiger partial charge on any atom is -0.490 e. The van der Waals surface area contributed by atoms with Gasteiger partial charge in [-0.25, -0.2) is 0 Å². The van der Waals surface area contributed by atoms with Crippen LogP contribution < -0.4 is 18.9 Å². The SMILES string of the molecule is CCOc1cc(CC)c(CC2=NCCc3cc(OCC)c(OCC)cc32)cc1OCC. The van der Waals surface area contributed by atoms with Gasteiger partial charge in [-0.1, -0.05) is 6.92 Å². The van der Waals surface area contributed by atoms with Crippen molar-refractivity contribution < 1.29 is 18.9 Å². The topological polar surface area (TPSA) is 49.3 Å². The molecule has 0 spiro atoms. The largest absolute Gasteiger partial charge is 0.490 e. The highest BCUT2D eigenvalue weighted by Gasteiger charge is 2.21. The third kappa shape index (κ3) is 5.33. The van der Waals surface area contributed by atoms with Gasteiger partial charge in [-0.3, -0.25) is 4.99 Å². The Morgan fingerprint density at radius 1 is 0.677 bits per heavy atom. The molecule has 0 amide bonds. The maximum absolute atomic E-state index is 5.88. The predicted molar refractivity (Wildman–Crippen MR) is 126 cm³/mol. The summed E-state index contributed by atoms with van der Waals surface area (Å²) in [5.74, 6) is 3.22. The standard InChI is InChI=1S/C26H35NO4/c1-6-18-14-23(28-7-2)25(30-9-4)16-20(18)13-22-21-17-26(31-10-5)24(29-8-3)15-19(21)11-12-27-22/h14-17H,6-13H2,1-5H3. The monoisotopic (exact) mass is 425 g/mol. The third-order valence-corrected chi connectivity index (χ3v) is 5.37. The van der Waals surface area contributed by atoms with Crippen LogP contribution in [0, 0.1) is 0 Å². The Bertz CT molecular complexity index is 920. The second-order valence-electron chi connectivity index (χ2n) is 7.36. The van der Waals surface area contributed by atoms with Gasteiger partial charge >= 0.3 is 0 Å². The number of rotatable bonds is 11. The number of benzene rings is 2. The van der Waals surface area contributed by atoms with Crippen molar-refractivity contribution in [1.29, 1.82) is 0 Å². The molecular weight excluding hydrogens is 390 g/mol. The van der Waals surface area contributed by atoms with E-state index >= 15 is 0 Å². The number of nitrogens with zero attached hydrogens (tertiary/aromatic N) is 1. The molecule has 0 saturated heterocycles. The van der Waals surface area contributed by atoms with Gasteiger partial charge in [0.15, 0.2) is 23.0 Å². The van der Waals surface area contributed by atoms with E-state index in [4.69, 9.17) is 23.9 Å². The minimum absolute atomic E-state index is 0.599. The minimum atomic E-state index is 0.599. The molecule has 5 heteroatoms. The van der Waals surface area contributed by atoms with E-state index < -0.39 is 0 Å². The van der Waals surface area contributed by atoms with Gasteiger partial charge in [-0.05, 0) is 81.5 Å². The zero-order valence-electron chi connectivity index (χ0n) is 19.5. The van der Waals surface area contributed by atoms with Crippen molar-refractivity contribution >= 4 is 5.71 Å². The maximum atomic E-state index is 5.88. The van der Waals surface area contributed by atoms with Gasteiger partial charge in [-0.2, -0.15) is 0 Å². The summed E-state index contributed by atoms with van der Waals surface area (Å²) >= 11 is 0. The molecule has 0 radical (unpaired) electrons. The van der Waals surface area contributed by atoms with Gasteiger partial charge in [0.2, 0.25) is 0 Å². The third-order valence-electron chi connectivity index (χ3n) is 5.37. The number of aliphatic imine (C=N–C) groups is 1. The molecule has 31 heavy (non-hydrogen) atoms.